The lowest BCUT2D eigenvalue weighted by molar-refractivity contribution is -0.114. The molecule has 0 saturated heterocycles. The van der Waals surface area contributed by atoms with E-state index in [1.807, 2.05) is 18.2 Å². The first kappa shape index (κ1) is 9.53. The van der Waals surface area contributed by atoms with Crippen molar-refractivity contribution in [1.82, 2.24) is 0 Å². The third kappa shape index (κ3) is 1.75. The lowest BCUT2D eigenvalue weighted by Gasteiger charge is -2.06. The van der Waals surface area contributed by atoms with Gasteiger partial charge in [-0.3, -0.25) is 4.79 Å². The van der Waals surface area contributed by atoms with Gasteiger partial charge in [0.25, 0.3) is 0 Å². The number of hydrogen-bond acceptors (Lipinski definition) is 1. The zero-order valence-electron chi connectivity index (χ0n) is 8.01. The molecule has 3 heteroatoms. The van der Waals surface area contributed by atoms with E-state index in [0.29, 0.717) is 0 Å². The lowest BCUT2D eigenvalue weighted by Crippen LogP contribution is -2.05. The van der Waals surface area contributed by atoms with Crippen LogP contribution in [-0.4, -0.2) is 5.91 Å². The molecule has 1 aromatic rings. The van der Waals surface area contributed by atoms with E-state index in [2.05, 4.69) is 5.32 Å². The number of halogens is 1. The van der Waals surface area contributed by atoms with Crippen LogP contribution in [0.3, 0.4) is 0 Å². The highest BCUT2D eigenvalue weighted by Crippen LogP contribution is 2.37. The van der Waals surface area contributed by atoms with Gasteiger partial charge in [0.05, 0.1) is 5.38 Å². The van der Waals surface area contributed by atoms with E-state index in [9.17, 15) is 4.79 Å². The second kappa shape index (κ2) is 3.62. The Labute approximate surface area is 88.3 Å². The maximum Gasteiger partial charge on any atom is 0.221 e. The summed E-state index contributed by atoms with van der Waals surface area (Å²) in [6.07, 6.45) is 2.01. The van der Waals surface area contributed by atoms with Crippen LogP contribution in [0.1, 0.15) is 29.8 Å². The highest BCUT2D eigenvalue weighted by atomic mass is 35.5. The van der Waals surface area contributed by atoms with Gasteiger partial charge in [0.1, 0.15) is 0 Å². The van der Waals surface area contributed by atoms with Gasteiger partial charge in [0, 0.05) is 12.6 Å². The molecule has 0 saturated carbocycles. The summed E-state index contributed by atoms with van der Waals surface area (Å²) in [6, 6.07) is 5.92. The minimum Gasteiger partial charge on any atom is -0.326 e. The van der Waals surface area contributed by atoms with E-state index in [0.717, 1.165) is 18.5 Å². The SMILES string of the molecule is CC(=O)Nc1ccc2c(c1)CCC2Cl. The molecule has 0 aromatic heterocycles. The quantitative estimate of drug-likeness (QED) is 0.708. The molecular weight excluding hydrogens is 198 g/mol. The van der Waals surface area contributed by atoms with Crippen molar-refractivity contribution in [2.75, 3.05) is 5.32 Å². The van der Waals surface area contributed by atoms with Crippen molar-refractivity contribution < 1.29 is 4.79 Å². The van der Waals surface area contributed by atoms with Crippen LogP contribution < -0.4 is 5.32 Å². The minimum absolute atomic E-state index is 0.0367. The van der Waals surface area contributed by atoms with Crippen LogP contribution in [0, 0.1) is 0 Å². The number of fused-ring (bicyclic) bond motifs is 1. The van der Waals surface area contributed by atoms with Gasteiger partial charge in [-0.1, -0.05) is 6.07 Å². The van der Waals surface area contributed by atoms with Crippen LogP contribution in [0.2, 0.25) is 0 Å². The van der Waals surface area contributed by atoms with Crippen molar-refractivity contribution in [2.24, 2.45) is 0 Å². The molecule has 1 aliphatic carbocycles. The Balaban J connectivity index is 2.28. The highest BCUT2D eigenvalue weighted by molar-refractivity contribution is 6.21. The molecular formula is C11H12ClNO. The highest BCUT2D eigenvalue weighted by Gasteiger charge is 2.20. The summed E-state index contributed by atoms with van der Waals surface area (Å²) >= 11 is 6.11. The first-order chi connectivity index (χ1) is 6.66. The molecule has 1 aromatic carbocycles. The van der Waals surface area contributed by atoms with E-state index in [1.165, 1.54) is 18.1 Å². The standard InChI is InChI=1S/C11H12ClNO/c1-7(14)13-9-3-4-10-8(6-9)2-5-11(10)12/h3-4,6,11H,2,5H2,1H3,(H,13,14). The molecule has 1 N–H and O–H groups in total. The molecule has 0 heterocycles. The van der Waals surface area contributed by atoms with Crippen LogP contribution in [0.25, 0.3) is 0 Å². The van der Waals surface area contributed by atoms with Gasteiger partial charge in [-0.05, 0) is 36.1 Å². The molecule has 74 valence electrons. The zero-order valence-corrected chi connectivity index (χ0v) is 8.77. The van der Waals surface area contributed by atoms with Gasteiger partial charge >= 0.3 is 0 Å². The summed E-state index contributed by atoms with van der Waals surface area (Å²) in [6.45, 7) is 1.51. The average molecular weight is 210 g/mol. The Morgan fingerprint density at radius 1 is 1.57 bits per heavy atom. The predicted molar refractivity (Wildman–Crippen MR) is 57.7 cm³/mol. The molecule has 14 heavy (non-hydrogen) atoms. The fourth-order valence-electron chi connectivity index (χ4n) is 1.85. The topological polar surface area (TPSA) is 29.1 Å². The molecule has 2 rings (SSSR count). The second-order valence-electron chi connectivity index (χ2n) is 3.60. The van der Waals surface area contributed by atoms with Gasteiger partial charge in [-0.25, -0.2) is 0 Å². The van der Waals surface area contributed by atoms with Gasteiger partial charge in [-0.2, -0.15) is 0 Å². The Kier molecular flexibility index (Phi) is 2.46. The van der Waals surface area contributed by atoms with Crippen molar-refractivity contribution in [3.05, 3.63) is 29.3 Å². The summed E-state index contributed by atoms with van der Waals surface area (Å²) < 4.78 is 0. The van der Waals surface area contributed by atoms with Crippen LogP contribution in [-0.2, 0) is 11.2 Å². The number of amides is 1. The number of aryl methyl sites for hydroxylation is 1. The normalized spacial score (nSPS) is 19.1. The van der Waals surface area contributed by atoms with Gasteiger partial charge in [-0.15, -0.1) is 11.6 Å². The van der Waals surface area contributed by atoms with Gasteiger partial charge in [0.15, 0.2) is 0 Å². The number of benzene rings is 1. The van der Waals surface area contributed by atoms with E-state index in [-0.39, 0.29) is 11.3 Å². The molecule has 0 bridgehead atoms. The fraction of sp³-hybridized carbons (Fsp3) is 0.364. The largest absolute Gasteiger partial charge is 0.326 e. The van der Waals surface area contributed by atoms with Crippen molar-refractivity contribution in [1.29, 1.82) is 0 Å². The monoisotopic (exact) mass is 209 g/mol. The second-order valence-corrected chi connectivity index (χ2v) is 4.13. The molecule has 1 aliphatic rings. The Bertz CT molecular complexity index is 376. The summed E-state index contributed by atoms with van der Waals surface area (Å²) in [7, 11) is 0. The van der Waals surface area contributed by atoms with Crippen LogP contribution >= 0.6 is 11.6 Å². The molecule has 1 atom stereocenters. The maximum atomic E-state index is 10.8. The Morgan fingerprint density at radius 2 is 2.36 bits per heavy atom. The first-order valence-electron chi connectivity index (χ1n) is 4.71. The number of carbonyl (C=O) groups excluding carboxylic acids is 1. The predicted octanol–water partition coefficient (Wildman–Crippen LogP) is 2.87. The van der Waals surface area contributed by atoms with Crippen LogP contribution in [0.4, 0.5) is 5.69 Å². The van der Waals surface area contributed by atoms with Crippen molar-refractivity contribution in [2.45, 2.75) is 25.1 Å². The number of rotatable bonds is 1. The van der Waals surface area contributed by atoms with Crippen molar-refractivity contribution in [3.63, 3.8) is 0 Å². The molecule has 0 radical (unpaired) electrons. The van der Waals surface area contributed by atoms with Crippen LogP contribution in [0.5, 0.6) is 0 Å². The Hall–Kier alpha value is -1.02. The molecule has 1 amide bonds. The van der Waals surface area contributed by atoms with E-state index < -0.39 is 0 Å². The van der Waals surface area contributed by atoms with Crippen molar-refractivity contribution in [3.8, 4) is 0 Å². The van der Waals surface area contributed by atoms with Crippen LogP contribution in [0.15, 0.2) is 18.2 Å². The lowest BCUT2D eigenvalue weighted by atomic mass is 10.1. The Morgan fingerprint density at radius 3 is 3.07 bits per heavy atom. The molecule has 0 aliphatic heterocycles. The third-order valence-electron chi connectivity index (χ3n) is 2.47. The summed E-state index contributed by atoms with van der Waals surface area (Å²) in [5, 5.41) is 2.92. The van der Waals surface area contributed by atoms with E-state index >= 15 is 0 Å². The van der Waals surface area contributed by atoms with Crippen molar-refractivity contribution >= 4 is 23.2 Å². The first-order valence-corrected chi connectivity index (χ1v) is 5.15. The average Bonchev–Trinajstić information content (AvgIpc) is 2.46. The maximum absolute atomic E-state index is 10.8. The minimum atomic E-state index is -0.0367. The zero-order chi connectivity index (χ0) is 10.1. The molecule has 1 unspecified atom stereocenters. The summed E-state index contributed by atoms with van der Waals surface area (Å²) in [4.78, 5) is 10.8. The van der Waals surface area contributed by atoms with E-state index in [4.69, 9.17) is 11.6 Å². The summed E-state index contributed by atoms with van der Waals surface area (Å²) in [5.74, 6) is -0.0367. The molecule has 2 nitrogen and oxygen atoms in total. The molecule has 0 spiro atoms. The number of carbonyl (C=O) groups is 1. The van der Waals surface area contributed by atoms with Gasteiger partial charge in [0.2, 0.25) is 5.91 Å². The van der Waals surface area contributed by atoms with E-state index in [1.54, 1.807) is 0 Å². The summed E-state index contributed by atoms with van der Waals surface area (Å²) in [5.41, 5.74) is 3.33. The van der Waals surface area contributed by atoms with Gasteiger partial charge < -0.3 is 5.32 Å². The number of hydrogen-bond donors (Lipinski definition) is 1. The number of alkyl halides is 1. The third-order valence-corrected chi connectivity index (χ3v) is 2.92. The molecule has 0 fully saturated rings. The number of nitrogens with one attached hydrogen (secondary N) is 1. The number of anilines is 1. The fourth-order valence-corrected chi connectivity index (χ4v) is 2.17. The smallest absolute Gasteiger partial charge is 0.221 e.